The molecule has 0 fully saturated rings. The Hall–Kier alpha value is -4.56. The van der Waals surface area contributed by atoms with Gasteiger partial charge in [0.05, 0.1) is 28.4 Å². The molecule has 2 aliphatic heterocycles. The first-order chi connectivity index (χ1) is 25.0. The van der Waals surface area contributed by atoms with Gasteiger partial charge >= 0.3 is 0 Å². The van der Waals surface area contributed by atoms with Gasteiger partial charge in [-0.05, 0) is 111 Å². The first kappa shape index (κ1) is 34.9. The van der Waals surface area contributed by atoms with Crippen LogP contribution in [0.3, 0.4) is 0 Å². The van der Waals surface area contributed by atoms with Gasteiger partial charge in [-0.25, -0.2) is 3.93 Å². The van der Waals surface area contributed by atoms with Crippen LogP contribution in [0.2, 0.25) is 0 Å². The first-order valence-electron chi connectivity index (χ1n) is 17.6. The van der Waals surface area contributed by atoms with Gasteiger partial charge in [-0.2, -0.15) is 0 Å². The van der Waals surface area contributed by atoms with Crippen molar-refractivity contribution in [1.29, 1.82) is 0 Å². The zero-order chi connectivity index (χ0) is 35.3. The second-order valence-electron chi connectivity index (χ2n) is 13.2. The number of ether oxygens (including phenoxy) is 4. The lowest BCUT2D eigenvalue weighted by atomic mass is 9.89. The molecule has 0 radical (unpaired) electrons. The molecule has 7 heteroatoms. The fraction of sp³-hybridized carbons (Fsp3) is 0.273. The van der Waals surface area contributed by atoms with Gasteiger partial charge in [-0.1, -0.05) is 84.9 Å². The van der Waals surface area contributed by atoms with E-state index in [0.717, 1.165) is 61.8 Å². The maximum absolute atomic E-state index is 5.53. The average molecular weight is 746 g/mol. The Morgan fingerprint density at radius 2 is 1.06 bits per heavy atom. The van der Waals surface area contributed by atoms with Crippen molar-refractivity contribution >= 4 is 37.7 Å². The topological polar surface area (TPSA) is 52.2 Å². The van der Waals surface area contributed by atoms with Crippen LogP contribution in [0.25, 0.3) is 21.5 Å². The van der Waals surface area contributed by atoms with Gasteiger partial charge in [0.1, 0.15) is 0 Å². The Morgan fingerprint density at radius 3 is 1.63 bits per heavy atom. The number of hydrogen-bond donors (Lipinski definition) is 1. The normalized spacial score (nSPS) is 16.8. The minimum Gasteiger partial charge on any atom is -0.493 e. The fourth-order valence-electron chi connectivity index (χ4n) is 7.55. The minimum absolute atomic E-state index is 0.264. The van der Waals surface area contributed by atoms with E-state index in [1.807, 2.05) is 0 Å². The van der Waals surface area contributed by atoms with Crippen LogP contribution in [0, 0.1) is 0 Å². The fourth-order valence-corrected chi connectivity index (χ4v) is 8.09. The quantitative estimate of drug-likeness (QED) is 0.157. The van der Waals surface area contributed by atoms with Crippen molar-refractivity contribution in [3.05, 3.63) is 143 Å². The molecule has 0 spiro atoms. The van der Waals surface area contributed by atoms with Crippen LogP contribution < -0.4 is 24.3 Å². The maximum Gasteiger partial charge on any atom is 0.161 e. The van der Waals surface area contributed by atoms with E-state index in [-0.39, 0.29) is 6.04 Å². The van der Waals surface area contributed by atoms with Gasteiger partial charge in [0.2, 0.25) is 0 Å². The summed E-state index contributed by atoms with van der Waals surface area (Å²) in [5.74, 6) is 3.21. The van der Waals surface area contributed by atoms with Crippen molar-refractivity contribution in [2.45, 2.75) is 37.8 Å². The van der Waals surface area contributed by atoms with Gasteiger partial charge in [-0.3, -0.25) is 0 Å². The molecule has 51 heavy (non-hydrogen) atoms. The van der Waals surface area contributed by atoms with E-state index in [1.165, 1.54) is 54.9 Å². The molecule has 1 N–H and O–H groups in total. The Balaban J connectivity index is 0.000000159. The van der Waals surface area contributed by atoms with Crippen molar-refractivity contribution in [2.75, 3.05) is 41.5 Å². The highest BCUT2D eigenvalue weighted by Gasteiger charge is 2.28. The standard InChI is InChI=1S/C22H22BrNO2.C22H23NO2/c1-25-21-13-18-9-10-24(23)20(19(18)14-22(21)26-2)12-15-7-8-16-5-3-4-6-17(16)11-15;1-24-21-13-18-9-10-23-20(19(18)14-22(21)25-2)12-15-7-8-16-5-3-4-6-17(16)11-15/h3-8,11,13-14,20H,9-10,12H2,1-2H3;3-8,11,13-14,20,23H,9-10,12H2,1-2H3/t2*20-/m00/s1. The Bertz CT molecular complexity index is 2150. The summed E-state index contributed by atoms with van der Waals surface area (Å²) in [5.41, 5.74) is 7.99. The Labute approximate surface area is 309 Å². The summed E-state index contributed by atoms with van der Waals surface area (Å²) < 4.78 is 24.2. The van der Waals surface area contributed by atoms with Crippen LogP contribution in [0.1, 0.15) is 45.5 Å². The van der Waals surface area contributed by atoms with Crippen LogP contribution in [0.4, 0.5) is 0 Å². The molecule has 0 saturated carbocycles. The van der Waals surface area contributed by atoms with Gasteiger partial charge < -0.3 is 24.3 Å². The molecule has 0 aromatic heterocycles. The molecular formula is C44H45BrN2O4. The Kier molecular flexibility index (Phi) is 10.8. The van der Waals surface area contributed by atoms with Crippen LogP contribution >= 0.6 is 16.1 Å². The van der Waals surface area contributed by atoms with E-state index in [1.54, 1.807) is 28.4 Å². The van der Waals surface area contributed by atoms with Gasteiger partial charge in [0.15, 0.2) is 23.0 Å². The van der Waals surface area contributed by atoms with Gasteiger partial charge in [-0.15, -0.1) is 0 Å². The third-order valence-corrected chi connectivity index (χ3v) is 11.1. The Morgan fingerprint density at radius 1 is 0.569 bits per heavy atom. The smallest absolute Gasteiger partial charge is 0.161 e. The highest BCUT2D eigenvalue weighted by atomic mass is 79.9. The number of benzene rings is 6. The SMILES string of the molecule is COc1cc2c(cc1OC)[C@H](Cc1ccc3ccccc3c1)N(Br)CC2.COc1cc2c(cc1OC)[C@H](Cc1ccc3ccccc3c1)NCC2. The average Bonchev–Trinajstić information content (AvgIpc) is 3.18. The van der Waals surface area contributed by atoms with E-state index < -0.39 is 0 Å². The molecule has 0 bridgehead atoms. The molecule has 6 aromatic rings. The number of rotatable bonds is 8. The minimum atomic E-state index is 0.264. The number of halogens is 1. The highest BCUT2D eigenvalue weighted by Crippen LogP contribution is 2.41. The molecule has 8 rings (SSSR count). The molecule has 0 saturated heterocycles. The summed E-state index contributed by atoms with van der Waals surface area (Å²) >= 11 is 3.78. The van der Waals surface area contributed by atoms with E-state index >= 15 is 0 Å². The van der Waals surface area contributed by atoms with Crippen molar-refractivity contribution in [2.24, 2.45) is 0 Å². The van der Waals surface area contributed by atoms with Crippen molar-refractivity contribution in [3.63, 3.8) is 0 Å². The molecule has 0 amide bonds. The molecule has 6 aromatic carbocycles. The first-order valence-corrected chi connectivity index (χ1v) is 18.3. The van der Waals surface area contributed by atoms with Crippen LogP contribution in [0.5, 0.6) is 23.0 Å². The zero-order valence-corrected chi connectivity index (χ0v) is 31.3. The summed E-state index contributed by atoms with van der Waals surface area (Å²) in [6, 6.07) is 39.6. The van der Waals surface area contributed by atoms with Gasteiger partial charge in [0, 0.05) is 34.8 Å². The molecule has 262 valence electrons. The molecule has 2 heterocycles. The monoisotopic (exact) mass is 744 g/mol. The molecule has 0 aliphatic carbocycles. The lowest BCUT2D eigenvalue weighted by molar-refractivity contribution is 0.334. The third-order valence-electron chi connectivity index (χ3n) is 10.2. The largest absolute Gasteiger partial charge is 0.493 e. The summed E-state index contributed by atoms with van der Waals surface area (Å²) in [6.07, 6.45) is 3.92. The highest BCUT2D eigenvalue weighted by molar-refractivity contribution is 9.07. The number of fused-ring (bicyclic) bond motifs is 4. The molecular weight excluding hydrogens is 700 g/mol. The summed E-state index contributed by atoms with van der Waals surface area (Å²) in [7, 11) is 6.77. The van der Waals surface area contributed by atoms with Crippen LogP contribution in [-0.4, -0.2) is 45.5 Å². The number of hydrogen-bond acceptors (Lipinski definition) is 6. The second kappa shape index (κ2) is 15.8. The predicted molar refractivity (Wildman–Crippen MR) is 211 cm³/mol. The lowest BCUT2D eigenvalue weighted by Gasteiger charge is -2.33. The van der Waals surface area contributed by atoms with E-state index in [2.05, 4.69) is 135 Å². The van der Waals surface area contributed by atoms with E-state index in [9.17, 15) is 0 Å². The van der Waals surface area contributed by atoms with Gasteiger partial charge in [0.25, 0.3) is 0 Å². The van der Waals surface area contributed by atoms with Crippen molar-refractivity contribution < 1.29 is 18.9 Å². The molecule has 0 unspecified atom stereocenters. The number of nitrogens with zero attached hydrogens (tertiary/aromatic N) is 1. The zero-order valence-electron chi connectivity index (χ0n) is 29.7. The van der Waals surface area contributed by atoms with E-state index in [4.69, 9.17) is 18.9 Å². The third kappa shape index (κ3) is 7.57. The van der Waals surface area contributed by atoms with Crippen molar-refractivity contribution in [3.8, 4) is 23.0 Å². The predicted octanol–water partition coefficient (Wildman–Crippen LogP) is 9.60. The maximum atomic E-state index is 5.53. The number of nitrogens with one attached hydrogen (secondary N) is 1. The summed E-state index contributed by atoms with van der Waals surface area (Å²) in [4.78, 5) is 0. The van der Waals surface area contributed by atoms with Crippen LogP contribution in [-0.2, 0) is 25.7 Å². The molecule has 6 nitrogen and oxygen atoms in total. The number of methoxy groups -OCH3 is 4. The second-order valence-corrected chi connectivity index (χ2v) is 14.1. The van der Waals surface area contributed by atoms with E-state index in [0.29, 0.717) is 6.04 Å². The van der Waals surface area contributed by atoms with Crippen LogP contribution in [0.15, 0.2) is 109 Å². The summed E-state index contributed by atoms with van der Waals surface area (Å²) in [5, 5.41) is 8.81. The van der Waals surface area contributed by atoms with Crippen molar-refractivity contribution in [1.82, 2.24) is 9.24 Å². The summed E-state index contributed by atoms with van der Waals surface area (Å²) in [6.45, 7) is 1.96. The lowest BCUT2D eigenvalue weighted by Crippen LogP contribution is -2.31. The molecule has 2 atom stereocenters. The molecule has 2 aliphatic rings.